The summed E-state index contributed by atoms with van der Waals surface area (Å²) in [5, 5.41) is 11.6. The molecular formula is C19H23N5O2. The average Bonchev–Trinajstić information content (AvgIpc) is 2.62. The van der Waals surface area contributed by atoms with Gasteiger partial charge in [0, 0.05) is 19.3 Å². The fraction of sp³-hybridized carbons (Fsp3) is 0.368. The topological polar surface area (TPSA) is 92.2 Å². The van der Waals surface area contributed by atoms with Gasteiger partial charge < -0.3 is 9.88 Å². The summed E-state index contributed by atoms with van der Waals surface area (Å²) in [6.07, 6.45) is 2.42. The van der Waals surface area contributed by atoms with Gasteiger partial charge in [-0.15, -0.1) is 0 Å². The van der Waals surface area contributed by atoms with Crippen LogP contribution < -0.4 is 16.4 Å². The molecule has 0 spiro atoms. The second kappa shape index (κ2) is 7.11. The first-order chi connectivity index (χ1) is 12.4. The van der Waals surface area contributed by atoms with Gasteiger partial charge in [0.1, 0.15) is 16.8 Å². The minimum absolute atomic E-state index is 0.0767. The molecule has 0 saturated heterocycles. The van der Waals surface area contributed by atoms with E-state index in [-0.39, 0.29) is 22.5 Å². The van der Waals surface area contributed by atoms with Crippen LogP contribution in [0.3, 0.4) is 0 Å². The maximum atomic E-state index is 12.9. The predicted molar refractivity (Wildman–Crippen MR) is 100 cm³/mol. The molecule has 1 amide bonds. The first kappa shape index (κ1) is 17.8. The number of aryl methyl sites for hydroxylation is 1. The zero-order chi connectivity index (χ0) is 18.8. The van der Waals surface area contributed by atoms with Crippen LogP contribution in [0, 0.1) is 11.3 Å². The lowest BCUT2D eigenvalue weighted by Crippen LogP contribution is -2.36. The van der Waals surface area contributed by atoms with Crippen molar-refractivity contribution in [3.63, 3.8) is 0 Å². The molecule has 0 aliphatic heterocycles. The van der Waals surface area contributed by atoms with Crippen molar-refractivity contribution in [2.24, 2.45) is 5.92 Å². The molecule has 0 radical (unpaired) electrons. The van der Waals surface area contributed by atoms with E-state index in [0.29, 0.717) is 35.7 Å². The third kappa shape index (κ3) is 3.12. The molecule has 3 rings (SSSR count). The Labute approximate surface area is 150 Å². The molecule has 136 valence electrons. The van der Waals surface area contributed by atoms with E-state index in [1.807, 2.05) is 26.8 Å². The van der Waals surface area contributed by atoms with Gasteiger partial charge in [0.25, 0.3) is 11.5 Å². The standard InChI is InChI=1S/C19H23N5O2/c1-4-8-24-16(20)13(18(25)21-11-12(2)3)10-14-17(24)22-15-7-5-6-9-23(15)19(14)26/h5-7,9-10,12,20H,4,8,11H2,1-3H3,(H,21,25). The molecule has 0 bridgehead atoms. The van der Waals surface area contributed by atoms with Gasteiger partial charge >= 0.3 is 0 Å². The van der Waals surface area contributed by atoms with Crippen molar-refractivity contribution in [1.82, 2.24) is 19.3 Å². The van der Waals surface area contributed by atoms with Crippen LogP contribution in [0.25, 0.3) is 16.7 Å². The summed E-state index contributed by atoms with van der Waals surface area (Å²) in [6, 6.07) is 6.82. The van der Waals surface area contributed by atoms with E-state index in [9.17, 15) is 9.59 Å². The fourth-order valence-corrected chi connectivity index (χ4v) is 2.89. The molecule has 7 nitrogen and oxygen atoms in total. The van der Waals surface area contributed by atoms with Crippen LogP contribution >= 0.6 is 0 Å². The summed E-state index contributed by atoms with van der Waals surface area (Å²) in [5.74, 6) is -0.0411. The van der Waals surface area contributed by atoms with Crippen molar-refractivity contribution in [3.8, 4) is 0 Å². The maximum absolute atomic E-state index is 12.9. The number of hydrogen-bond donors (Lipinski definition) is 2. The molecule has 26 heavy (non-hydrogen) atoms. The van der Waals surface area contributed by atoms with Gasteiger partial charge in [-0.05, 0) is 30.5 Å². The Bertz CT molecular complexity index is 1090. The second-order valence-electron chi connectivity index (χ2n) is 6.75. The molecule has 3 aromatic heterocycles. The van der Waals surface area contributed by atoms with E-state index in [0.717, 1.165) is 6.42 Å². The van der Waals surface area contributed by atoms with Gasteiger partial charge in [-0.3, -0.25) is 19.4 Å². The van der Waals surface area contributed by atoms with Gasteiger partial charge in [0.05, 0.1) is 10.9 Å². The average molecular weight is 353 g/mol. The summed E-state index contributed by atoms with van der Waals surface area (Å²) >= 11 is 0. The lowest BCUT2D eigenvalue weighted by atomic mass is 10.1. The first-order valence-electron chi connectivity index (χ1n) is 8.81. The van der Waals surface area contributed by atoms with Crippen LogP contribution in [0.1, 0.15) is 37.6 Å². The highest BCUT2D eigenvalue weighted by atomic mass is 16.1. The lowest BCUT2D eigenvalue weighted by molar-refractivity contribution is 0.0946. The van der Waals surface area contributed by atoms with Gasteiger partial charge in [0.2, 0.25) is 0 Å². The molecule has 0 aliphatic rings. The van der Waals surface area contributed by atoms with Crippen molar-refractivity contribution in [1.29, 1.82) is 5.41 Å². The smallest absolute Gasteiger partial charge is 0.267 e. The van der Waals surface area contributed by atoms with Crippen molar-refractivity contribution in [2.45, 2.75) is 33.7 Å². The van der Waals surface area contributed by atoms with Crippen molar-refractivity contribution < 1.29 is 4.79 Å². The number of rotatable bonds is 5. The lowest BCUT2D eigenvalue weighted by Gasteiger charge is -2.14. The van der Waals surface area contributed by atoms with Crippen LogP contribution in [-0.4, -0.2) is 26.4 Å². The third-order valence-electron chi connectivity index (χ3n) is 4.18. The van der Waals surface area contributed by atoms with Crippen molar-refractivity contribution in [2.75, 3.05) is 6.54 Å². The molecule has 3 aromatic rings. The van der Waals surface area contributed by atoms with Gasteiger partial charge in [0.15, 0.2) is 0 Å². The number of carbonyl (C=O) groups excluding carboxylic acids is 1. The molecule has 0 fully saturated rings. The molecule has 0 aliphatic carbocycles. The Hall–Kier alpha value is -2.96. The van der Waals surface area contributed by atoms with Gasteiger partial charge in [-0.1, -0.05) is 26.8 Å². The summed E-state index contributed by atoms with van der Waals surface area (Å²) in [4.78, 5) is 30.1. The largest absolute Gasteiger partial charge is 0.352 e. The van der Waals surface area contributed by atoms with E-state index in [1.54, 1.807) is 22.9 Å². The highest BCUT2D eigenvalue weighted by Crippen LogP contribution is 2.11. The van der Waals surface area contributed by atoms with Gasteiger partial charge in [-0.25, -0.2) is 4.98 Å². The number of fused-ring (bicyclic) bond motifs is 2. The Morgan fingerprint density at radius 2 is 2.12 bits per heavy atom. The van der Waals surface area contributed by atoms with E-state index in [1.165, 1.54) is 10.5 Å². The monoisotopic (exact) mass is 353 g/mol. The Morgan fingerprint density at radius 3 is 2.81 bits per heavy atom. The van der Waals surface area contributed by atoms with E-state index < -0.39 is 0 Å². The zero-order valence-corrected chi connectivity index (χ0v) is 15.2. The molecule has 0 aromatic carbocycles. The predicted octanol–water partition coefficient (Wildman–Crippen LogP) is 1.92. The summed E-state index contributed by atoms with van der Waals surface area (Å²) in [7, 11) is 0. The van der Waals surface area contributed by atoms with E-state index in [4.69, 9.17) is 5.41 Å². The summed E-state index contributed by atoms with van der Waals surface area (Å²) in [6.45, 7) is 7.01. The number of pyridine rings is 2. The first-order valence-corrected chi connectivity index (χ1v) is 8.81. The second-order valence-corrected chi connectivity index (χ2v) is 6.75. The minimum Gasteiger partial charge on any atom is -0.352 e. The van der Waals surface area contributed by atoms with Crippen LogP contribution in [-0.2, 0) is 6.54 Å². The van der Waals surface area contributed by atoms with Crippen molar-refractivity contribution >= 4 is 22.6 Å². The van der Waals surface area contributed by atoms with Crippen LogP contribution in [0.15, 0.2) is 35.3 Å². The third-order valence-corrected chi connectivity index (χ3v) is 4.18. The molecule has 2 N–H and O–H groups in total. The Balaban J connectivity index is 2.31. The number of nitrogens with one attached hydrogen (secondary N) is 2. The quantitative estimate of drug-likeness (QED) is 0.687. The van der Waals surface area contributed by atoms with E-state index in [2.05, 4.69) is 10.3 Å². The summed E-state index contributed by atoms with van der Waals surface area (Å²) in [5.41, 5.74) is 0.988. The van der Waals surface area contributed by atoms with Crippen LogP contribution in [0.2, 0.25) is 0 Å². The minimum atomic E-state index is -0.340. The number of aromatic nitrogens is 3. The molecule has 7 heteroatoms. The fourth-order valence-electron chi connectivity index (χ4n) is 2.89. The SMILES string of the molecule is CCCn1c(=N)c(C(=O)NCC(C)C)cc2c(=O)n3ccccc3nc21. The number of amides is 1. The normalized spacial score (nSPS) is 11.4. The zero-order valence-electron chi connectivity index (χ0n) is 15.2. The summed E-state index contributed by atoms with van der Waals surface area (Å²) < 4.78 is 3.10. The molecular weight excluding hydrogens is 330 g/mol. The molecule has 0 atom stereocenters. The molecule has 3 heterocycles. The van der Waals surface area contributed by atoms with Crippen molar-refractivity contribution in [3.05, 3.63) is 51.9 Å². The van der Waals surface area contributed by atoms with E-state index >= 15 is 0 Å². The van der Waals surface area contributed by atoms with Crippen LogP contribution in [0.4, 0.5) is 0 Å². The number of nitrogens with zero attached hydrogens (tertiary/aromatic N) is 3. The molecule has 0 unspecified atom stereocenters. The maximum Gasteiger partial charge on any atom is 0.267 e. The highest BCUT2D eigenvalue weighted by Gasteiger charge is 2.17. The highest BCUT2D eigenvalue weighted by molar-refractivity contribution is 5.96. The number of hydrogen-bond acceptors (Lipinski definition) is 4. The molecule has 0 saturated carbocycles. The van der Waals surface area contributed by atoms with Crippen LogP contribution in [0.5, 0.6) is 0 Å². The Morgan fingerprint density at radius 1 is 1.35 bits per heavy atom. The van der Waals surface area contributed by atoms with Gasteiger partial charge in [-0.2, -0.15) is 0 Å². The Kier molecular flexibility index (Phi) is 4.88. The number of carbonyl (C=O) groups is 1.